The van der Waals surface area contributed by atoms with Crippen molar-refractivity contribution in [3.63, 3.8) is 0 Å². The van der Waals surface area contributed by atoms with Crippen LogP contribution in [-0.4, -0.2) is 88.6 Å². The third kappa shape index (κ3) is 4.02. The zero-order chi connectivity index (χ0) is 27.9. The summed E-state index contributed by atoms with van der Waals surface area (Å²) in [5, 5.41) is 45.2. The third-order valence-electron chi connectivity index (χ3n) is 12.4. The quantitative estimate of drug-likeness (QED) is 0.307. The fourth-order valence-corrected chi connectivity index (χ4v) is 10.1. The van der Waals surface area contributed by atoms with E-state index < -0.39 is 42.4 Å². The van der Waals surface area contributed by atoms with Crippen molar-refractivity contribution in [1.82, 2.24) is 0 Å². The summed E-state index contributed by atoms with van der Waals surface area (Å²) in [5.41, 5.74) is -0.455. The SMILES string of the molecule is CO[C@@H]1[C@@H](O)[C@H](O[C@@H]2C[C@@H]3CC[C@H]4[C@@H](CC[C@]5(C)[C@H](C6=CC(=O)OC6)CC[C@]45O)[C@@]3(C)[C@@H](O)C2)O[C@@H](C)[C@H]1O. The van der Waals surface area contributed by atoms with Crippen molar-refractivity contribution >= 4 is 5.97 Å². The minimum atomic E-state index is -1.13. The molecule has 4 saturated carbocycles. The highest BCUT2D eigenvalue weighted by Gasteiger charge is 2.69. The Morgan fingerprint density at radius 2 is 1.77 bits per heavy atom. The normalized spacial score (nSPS) is 55.3. The molecule has 6 rings (SSSR count). The third-order valence-corrected chi connectivity index (χ3v) is 12.4. The number of carbonyl (C=O) groups excluding carboxylic acids is 1. The van der Waals surface area contributed by atoms with Gasteiger partial charge in [-0.3, -0.25) is 0 Å². The second-order valence-electron chi connectivity index (χ2n) is 13.8. The molecule has 4 aliphatic carbocycles. The van der Waals surface area contributed by atoms with Crippen LogP contribution in [0.2, 0.25) is 0 Å². The first-order chi connectivity index (χ1) is 18.4. The zero-order valence-electron chi connectivity index (χ0n) is 23.6. The number of esters is 1. The number of aliphatic hydroxyl groups is 4. The predicted octanol–water partition coefficient (Wildman–Crippen LogP) is 2.08. The first kappa shape index (κ1) is 28.1. The highest BCUT2D eigenvalue weighted by molar-refractivity contribution is 5.85. The summed E-state index contributed by atoms with van der Waals surface area (Å²) in [7, 11) is 1.45. The van der Waals surface area contributed by atoms with Gasteiger partial charge in [0.1, 0.15) is 24.9 Å². The van der Waals surface area contributed by atoms with Crippen LogP contribution in [0, 0.1) is 34.5 Å². The van der Waals surface area contributed by atoms with Crippen LogP contribution in [0.1, 0.15) is 72.1 Å². The van der Waals surface area contributed by atoms with E-state index in [-0.39, 0.29) is 46.6 Å². The number of aliphatic hydroxyl groups excluding tert-OH is 3. The lowest BCUT2D eigenvalue weighted by Gasteiger charge is -2.64. The van der Waals surface area contributed by atoms with Gasteiger partial charge in [0.2, 0.25) is 0 Å². The number of ether oxygens (including phenoxy) is 4. The van der Waals surface area contributed by atoms with Gasteiger partial charge in [0, 0.05) is 25.0 Å². The van der Waals surface area contributed by atoms with Gasteiger partial charge in [-0.15, -0.1) is 0 Å². The molecule has 9 heteroatoms. The maximum atomic E-state index is 12.4. The van der Waals surface area contributed by atoms with Crippen LogP contribution in [0.25, 0.3) is 0 Å². The number of hydrogen-bond donors (Lipinski definition) is 4. The van der Waals surface area contributed by atoms with E-state index in [1.165, 1.54) is 7.11 Å². The van der Waals surface area contributed by atoms with Crippen molar-refractivity contribution in [3.8, 4) is 0 Å². The predicted molar refractivity (Wildman–Crippen MR) is 139 cm³/mol. The van der Waals surface area contributed by atoms with Gasteiger partial charge in [-0.2, -0.15) is 0 Å². The molecule has 220 valence electrons. The first-order valence-electron chi connectivity index (χ1n) is 14.9. The van der Waals surface area contributed by atoms with Gasteiger partial charge in [-0.25, -0.2) is 4.79 Å². The number of hydrogen-bond acceptors (Lipinski definition) is 9. The average molecular weight is 551 g/mol. The van der Waals surface area contributed by atoms with E-state index in [0.29, 0.717) is 19.4 Å². The molecule has 14 atom stereocenters. The number of fused-ring (bicyclic) bond motifs is 5. The van der Waals surface area contributed by atoms with E-state index in [1.54, 1.807) is 13.0 Å². The lowest BCUT2D eigenvalue weighted by atomic mass is 9.42. The van der Waals surface area contributed by atoms with E-state index in [4.69, 9.17) is 18.9 Å². The molecule has 0 aromatic heterocycles. The molecule has 1 saturated heterocycles. The number of methoxy groups -OCH3 is 1. The number of cyclic esters (lactones) is 1. The molecule has 2 aliphatic heterocycles. The van der Waals surface area contributed by atoms with Gasteiger partial charge in [-0.05, 0) is 86.5 Å². The van der Waals surface area contributed by atoms with Crippen LogP contribution in [0.4, 0.5) is 0 Å². The van der Waals surface area contributed by atoms with Gasteiger partial charge in [0.15, 0.2) is 6.29 Å². The zero-order valence-corrected chi connectivity index (χ0v) is 23.6. The van der Waals surface area contributed by atoms with E-state index in [9.17, 15) is 25.2 Å². The smallest absolute Gasteiger partial charge is 0.331 e. The van der Waals surface area contributed by atoms with Crippen LogP contribution < -0.4 is 0 Å². The Labute approximate surface area is 230 Å². The van der Waals surface area contributed by atoms with Crippen molar-refractivity contribution in [3.05, 3.63) is 11.6 Å². The van der Waals surface area contributed by atoms with E-state index in [2.05, 4.69) is 13.8 Å². The number of rotatable bonds is 4. The second-order valence-corrected chi connectivity index (χ2v) is 13.8. The molecule has 0 unspecified atom stereocenters. The monoisotopic (exact) mass is 550 g/mol. The van der Waals surface area contributed by atoms with Crippen LogP contribution in [0.5, 0.6) is 0 Å². The van der Waals surface area contributed by atoms with Crippen LogP contribution in [0.15, 0.2) is 11.6 Å². The van der Waals surface area contributed by atoms with E-state index in [1.807, 2.05) is 0 Å². The van der Waals surface area contributed by atoms with Crippen molar-refractivity contribution in [2.45, 2.75) is 121 Å². The summed E-state index contributed by atoms with van der Waals surface area (Å²) < 4.78 is 22.6. The van der Waals surface area contributed by atoms with Gasteiger partial charge >= 0.3 is 5.97 Å². The molecule has 0 radical (unpaired) electrons. The van der Waals surface area contributed by atoms with Crippen molar-refractivity contribution < 1.29 is 44.2 Å². The Morgan fingerprint density at radius 1 is 1.00 bits per heavy atom. The standard InChI is InChI=1S/C30H46O9/c1-15-24(33)26(36-4)25(34)27(38-15)39-18-12-17-5-6-21-20(29(17,3)22(31)13-18)7-9-28(2)19(8-10-30(21,28)35)16-11-23(32)37-14-16/h11,15,17-22,24-27,31,33-35H,5-10,12-14H2,1-4H3/t15-,17-,18+,19-,20+,21-,22-,24+,25+,26-,27-,28+,29-,30-/m0/s1. The molecule has 0 amide bonds. The molecule has 4 N–H and O–H groups in total. The van der Waals surface area contributed by atoms with Crippen LogP contribution >= 0.6 is 0 Å². The summed E-state index contributed by atoms with van der Waals surface area (Å²) in [6.45, 7) is 6.49. The highest BCUT2D eigenvalue weighted by Crippen LogP contribution is 2.70. The van der Waals surface area contributed by atoms with Crippen molar-refractivity contribution in [2.75, 3.05) is 13.7 Å². The Kier molecular flexibility index (Phi) is 7.02. The summed E-state index contributed by atoms with van der Waals surface area (Å²) in [6.07, 6.45) is 2.74. The van der Waals surface area contributed by atoms with E-state index >= 15 is 0 Å². The first-order valence-corrected chi connectivity index (χ1v) is 14.9. The molecule has 0 spiro atoms. The Bertz CT molecular complexity index is 1000. The molecular weight excluding hydrogens is 504 g/mol. The largest absolute Gasteiger partial charge is 0.458 e. The Morgan fingerprint density at radius 3 is 2.46 bits per heavy atom. The Hall–Kier alpha value is -1.07. The molecule has 2 heterocycles. The topological polar surface area (TPSA) is 135 Å². The summed E-state index contributed by atoms with van der Waals surface area (Å²) >= 11 is 0. The molecule has 5 fully saturated rings. The Balaban J connectivity index is 1.19. The fraction of sp³-hybridized carbons (Fsp3) is 0.900. The van der Waals surface area contributed by atoms with E-state index in [0.717, 1.165) is 44.1 Å². The molecule has 0 aromatic carbocycles. The molecule has 9 nitrogen and oxygen atoms in total. The summed E-state index contributed by atoms with van der Waals surface area (Å²) in [5.74, 6) is 0.393. The maximum Gasteiger partial charge on any atom is 0.331 e. The van der Waals surface area contributed by atoms with Crippen LogP contribution in [-0.2, 0) is 23.7 Å². The molecule has 0 aromatic rings. The second kappa shape index (κ2) is 9.75. The molecule has 39 heavy (non-hydrogen) atoms. The van der Waals surface area contributed by atoms with Crippen molar-refractivity contribution in [1.29, 1.82) is 0 Å². The summed E-state index contributed by atoms with van der Waals surface area (Å²) in [6, 6.07) is 0. The molecule has 6 aliphatic rings. The van der Waals surface area contributed by atoms with Gasteiger partial charge in [-0.1, -0.05) is 13.8 Å². The molecule has 0 bridgehead atoms. The lowest BCUT2D eigenvalue weighted by Crippen LogP contribution is -2.65. The van der Waals surface area contributed by atoms with Crippen LogP contribution in [0.3, 0.4) is 0 Å². The minimum Gasteiger partial charge on any atom is -0.458 e. The van der Waals surface area contributed by atoms with Gasteiger partial charge < -0.3 is 39.4 Å². The van der Waals surface area contributed by atoms with Crippen molar-refractivity contribution in [2.24, 2.45) is 34.5 Å². The van der Waals surface area contributed by atoms with Gasteiger partial charge in [0.25, 0.3) is 0 Å². The minimum absolute atomic E-state index is 0.0986. The average Bonchev–Trinajstić information content (AvgIpc) is 3.43. The highest BCUT2D eigenvalue weighted by atomic mass is 16.7. The van der Waals surface area contributed by atoms with Gasteiger partial charge in [0.05, 0.1) is 23.9 Å². The maximum absolute atomic E-state index is 12.4. The number of carbonyl (C=O) groups is 1. The molecular formula is C30H46O9. The summed E-state index contributed by atoms with van der Waals surface area (Å²) in [4.78, 5) is 11.8. The fourth-order valence-electron chi connectivity index (χ4n) is 10.1. The lowest BCUT2D eigenvalue weighted by molar-refractivity contribution is -0.317.